The standard InChI is InChI=1S/C10H13N5O2/c1-15-3-2-7(13-15)9-12-10(17-14-9)8-4-6(16)5-11-8/h2-3,6,8,11,16H,4-5H2,1H3/t6-,8+/m1/s1. The molecule has 17 heavy (non-hydrogen) atoms. The van der Waals surface area contributed by atoms with Gasteiger partial charge in [-0.25, -0.2) is 0 Å². The molecule has 1 fully saturated rings. The van der Waals surface area contributed by atoms with Crippen LogP contribution in [-0.4, -0.2) is 37.7 Å². The van der Waals surface area contributed by atoms with Gasteiger partial charge in [-0.3, -0.25) is 4.68 Å². The molecule has 2 aromatic rings. The molecular weight excluding hydrogens is 222 g/mol. The third-order valence-electron chi connectivity index (χ3n) is 2.79. The summed E-state index contributed by atoms with van der Waals surface area (Å²) in [4.78, 5) is 4.28. The Morgan fingerprint density at radius 2 is 2.47 bits per heavy atom. The fraction of sp³-hybridized carbons (Fsp3) is 0.500. The number of aryl methyl sites for hydroxylation is 1. The maximum atomic E-state index is 9.42. The largest absolute Gasteiger partial charge is 0.392 e. The first-order valence-corrected chi connectivity index (χ1v) is 5.47. The fourth-order valence-electron chi connectivity index (χ4n) is 1.92. The Morgan fingerprint density at radius 3 is 3.12 bits per heavy atom. The van der Waals surface area contributed by atoms with Crippen LogP contribution in [0.2, 0.25) is 0 Å². The van der Waals surface area contributed by atoms with E-state index in [0.717, 1.165) is 0 Å². The molecule has 3 heterocycles. The van der Waals surface area contributed by atoms with Crippen molar-refractivity contribution in [3.63, 3.8) is 0 Å². The van der Waals surface area contributed by atoms with Crippen molar-refractivity contribution in [2.45, 2.75) is 18.6 Å². The second-order valence-electron chi connectivity index (χ2n) is 4.18. The lowest BCUT2D eigenvalue weighted by molar-refractivity contribution is 0.191. The fourth-order valence-corrected chi connectivity index (χ4v) is 1.92. The predicted octanol–water partition coefficient (Wildman–Crippen LogP) is -0.135. The van der Waals surface area contributed by atoms with Crippen LogP contribution in [0.1, 0.15) is 18.4 Å². The summed E-state index contributed by atoms with van der Waals surface area (Å²) in [6.45, 7) is 0.561. The summed E-state index contributed by atoms with van der Waals surface area (Å²) < 4.78 is 6.86. The number of aliphatic hydroxyl groups excluding tert-OH is 1. The smallest absolute Gasteiger partial charge is 0.244 e. The number of nitrogens with one attached hydrogen (secondary N) is 1. The molecule has 3 rings (SSSR count). The first-order chi connectivity index (χ1) is 8.22. The summed E-state index contributed by atoms with van der Waals surface area (Å²) in [5.41, 5.74) is 0.682. The Kier molecular flexibility index (Phi) is 2.41. The average Bonchev–Trinajstić information content (AvgIpc) is 2.96. The molecule has 0 aromatic carbocycles. The van der Waals surface area contributed by atoms with Crippen LogP contribution in [0, 0.1) is 0 Å². The van der Waals surface area contributed by atoms with E-state index in [1.165, 1.54) is 0 Å². The van der Waals surface area contributed by atoms with Crippen molar-refractivity contribution in [3.8, 4) is 11.5 Å². The maximum Gasteiger partial charge on any atom is 0.244 e. The molecule has 7 nitrogen and oxygen atoms in total. The molecule has 0 radical (unpaired) electrons. The lowest BCUT2D eigenvalue weighted by Crippen LogP contribution is -2.15. The highest BCUT2D eigenvalue weighted by atomic mass is 16.5. The number of aromatic nitrogens is 4. The van der Waals surface area contributed by atoms with Crippen LogP contribution in [0.4, 0.5) is 0 Å². The van der Waals surface area contributed by atoms with Crippen LogP contribution in [0.5, 0.6) is 0 Å². The van der Waals surface area contributed by atoms with Crippen LogP contribution in [0.15, 0.2) is 16.8 Å². The summed E-state index contributed by atoms with van der Waals surface area (Å²) in [6, 6.07) is 1.76. The van der Waals surface area contributed by atoms with Gasteiger partial charge >= 0.3 is 0 Å². The topological polar surface area (TPSA) is 89.0 Å². The quantitative estimate of drug-likeness (QED) is 0.753. The van der Waals surface area contributed by atoms with Crippen LogP contribution >= 0.6 is 0 Å². The molecule has 1 aliphatic heterocycles. The zero-order valence-corrected chi connectivity index (χ0v) is 9.37. The van der Waals surface area contributed by atoms with E-state index in [4.69, 9.17) is 4.52 Å². The van der Waals surface area contributed by atoms with Gasteiger partial charge in [0.25, 0.3) is 0 Å². The Balaban J connectivity index is 1.83. The van der Waals surface area contributed by atoms with Crippen LogP contribution < -0.4 is 5.32 Å². The van der Waals surface area contributed by atoms with E-state index < -0.39 is 0 Å². The van der Waals surface area contributed by atoms with E-state index in [1.807, 2.05) is 19.3 Å². The normalized spacial score (nSPS) is 24.4. The third-order valence-corrected chi connectivity index (χ3v) is 2.79. The maximum absolute atomic E-state index is 9.42. The van der Waals surface area contributed by atoms with Crippen LogP contribution in [0.25, 0.3) is 11.5 Å². The van der Waals surface area contributed by atoms with E-state index in [0.29, 0.717) is 30.4 Å². The molecule has 90 valence electrons. The summed E-state index contributed by atoms with van der Waals surface area (Å²) in [5.74, 6) is 0.978. The van der Waals surface area contributed by atoms with Gasteiger partial charge < -0.3 is 14.9 Å². The van der Waals surface area contributed by atoms with Crippen molar-refractivity contribution in [3.05, 3.63) is 18.2 Å². The van der Waals surface area contributed by atoms with Crippen molar-refractivity contribution in [1.82, 2.24) is 25.2 Å². The summed E-state index contributed by atoms with van der Waals surface area (Å²) in [7, 11) is 1.83. The second-order valence-corrected chi connectivity index (χ2v) is 4.18. The van der Waals surface area contributed by atoms with Gasteiger partial charge in [0, 0.05) is 19.8 Å². The molecule has 0 aliphatic carbocycles. The number of hydrogen-bond acceptors (Lipinski definition) is 6. The molecular formula is C10H13N5O2. The lowest BCUT2D eigenvalue weighted by atomic mass is 10.2. The molecule has 0 bridgehead atoms. The number of aliphatic hydroxyl groups is 1. The number of β-amino-alcohol motifs (C(OH)–C–C–N with tert-alkyl or cyclic N) is 1. The van der Waals surface area contributed by atoms with E-state index in [1.54, 1.807) is 4.68 Å². The molecule has 2 N–H and O–H groups in total. The zero-order valence-electron chi connectivity index (χ0n) is 9.37. The van der Waals surface area contributed by atoms with Crippen molar-refractivity contribution >= 4 is 0 Å². The van der Waals surface area contributed by atoms with E-state index in [-0.39, 0.29) is 12.1 Å². The van der Waals surface area contributed by atoms with E-state index in [9.17, 15) is 5.11 Å². The van der Waals surface area contributed by atoms with Gasteiger partial charge in [-0.15, -0.1) is 0 Å². The Morgan fingerprint density at radius 1 is 1.59 bits per heavy atom. The van der Waals surface area contributed by atoms with Crippen molar-refractivity contribution < 1.29 is 9.63 Å². The zero-order chi connectivity index (χ0) is 11.8. The number of hydrogen-bond donors (Lipinski definition) is 2. The molecule has 0 spiro atoms. The van der Waals surface area contributed by atoms with Crippen LogP contribution in [0.3, 0.4) is 0 Å². The van der Waals surface area contributed by atoms with Gasteiger partial charge in [-0.1, -0.05) is 5.16 Å². The minimum absolute atomic E-state index is 0.0602. The summed E-state index contributed by atoms with van der Waals surface area (Å²) in [5, 5.41) is 20.6. The predicted molar refractivity (Wildman–Crippen MR) is 57.9 cm³/mol. The van der Waals surface area contributed by atoms with Gasteiger partial charge in [-0.05, 0) is 12.5 Å². The molecule has 0 amide bonds. The van der Waals surface area contributed by atoms with Crippen molar-refractivity contribution in [2.75, 3.05) is 6.54 Å². The number of rotatable bonds is 2. The highest BCUT2D eigenvalue weighted by Gasteiger charge is 2.28. The molecule has 2 atom stereocenters. The summed E-state index contributed by atoms with van der Waals surface area (Å²) >= 11 is 0. The molecule has 2 aromatic heterocycles. The van der Waals surface area contributed by atoms with Gasteiger partial charge in [0.2, 0.25) is 11.7 Å². The van der Waals surface area contributed by atoms with Gasteiger partial charge in [0.05, 0.1) is 12.1 Å². The minimum atomic E-state index is -0.342. The minimum Gasteiger partial charge on any atom is -0.392 e. The van der Waals surface area contributed by atoms with Gasteiger partial charge in [0.1, 0.15) is 5.69 Å². The Labute approximate surface area is 97.4 Å². The molecule has 0 saturated carbocycles. The average molecular weight is 235 g/mol. The number of nitrogens with zero attached hydrogens (tertiary/aromatic N) is 4. The highest BCUT2D eigenvalue weighted by molar-refractivity contribution is 5.46. The molecule has 1 aliphatic rings. The van der Waals surface area contributed by atoms with Gasteiger partial charge in [-0.2, -0.15) is 10.1 Å². The summed E-state index contributed by atoms with van der Waals surface area (Å²) in [6.07, 6.45) is 2.08. The van der Waals surface area contributed by atoms with E-state index in [2.05, 4.69) is 20.6 Å². The van der Waals surface area contributed by atoms with Crippen LogP contribution in [-0.2, 0) is 7.05 Å². The Hall–Kier alpha value is -1.73. The molecule has 1 saturated heterocycles. The first kappa shape index (κ1) is 10.4. The third kappa shape index (κ3) is 1.94. The monoisotopic (exact) mass is 235 g/mol. The van der Waals surface area contributed by atoms with Crippen molar-refractivity contribution in [1.29, 1.82) is 0 Å². The van der Waals surface area contributed by atoms with E-state index >= 15 is 0 Å². The molecule has 7 heteroatoms. The lowest BCUT2D eigenvalue weighted by Gasteiger charge is -2.01. The Bertz CT molecular complexity index is 520. The van der Waals surface area contributed by atoms with Crippen molar-refractivity contribution in [2.24, 2.45) is 7.05 Å². The highest BCUT2D eigenvalue weighted by Crippen LogP contribution is 2.23. The van der Waals surface area contributed by atoms with Gasteiger partial charge in [0.15, 0.2) is 0 Å². The second kappa shape index (κ2) is 3.94. The SMILES string of the molecule is Cn1ccc(-c2noc([C@@H]3C[C@@H](O)CN3)n2)n1. The first-order valence-electron chi connectivity index (χ1n) is 5.47. The molecule has 0 unspecified atom stereocenters.